The highest BCUT2D eigenvalue weighted by molar-refractivity contribution is 4.82. The standard InChI is InChI=1S/C13H28N2O/c1-4-13(3,9-14)10-15-7-5-12(6-8-15)11(2)16/h11-12,16H,4-10,14H2,1-3H3. The average Bonchev–Trinajstić information content (AvgIpc) is 2.29. The van der Waals surface area contributed by atoms with Crippen LogP contribution < -0.4 is 5.73 Å². The van der Waals surface area contributed by atoms with Crippen molar-refractivity contribution in [1.29, 1.82) is 0 Å². The Balaban J connectivity index is 2.37. The molecule has 16 heavy (non-hydrogen) atoms. The lowest BCUT2D eigenvalue weighted by Crippen LogP contribution is -2.45. The second kappa shape index (κ2) is 5.99. The summed E-state index contributed by atoms with van der Waals surface area (Å²) in [5.41, 5.74) is 6.11. The number of hydrogen-bond donors (Lipinski definition) is 2. The van der Waals surface area contributed by atoms with Crippen LogP contribution in [0.15, 0.2) is 0 Å². The summed E-state index contributed by atoms with van der Waals surface area (Å²) < 4.78 is 0. The molecule has 0 amide bonds. The lowest BCUT2D eigenvalue weighted by molar-refractivity contribution is 0.0560. The monoisotopic (exact) mass is 228 g/mol. The van der Waals surface area contributed by atoms with Crippen LogP contribution in [-0.2, 0) is 0 Å². The summed E-state index contributed by atoms with van der Waals surface area (Å²) in [6.45, 7) is 10.5. The van der Waals surface area contributed by atoms with E-state index in [1.54, 1.807) is 0 Å². The third kappa shape index (κ3) is 3.72. The lowest BCUT2D eigenvalue weighted by Gasteiger charge is -2.38. The van der Waals surface area contributed by atoms with E-state index in [4.69, 9.17) is 5.73 Å². The summed E-state index contributed by atoms with van der Waals surface area (Å²) in [7, 11) is 0. The molecule has 0 saturated carbocycles. The van der Waals surface area contributed by atoms with E-state index in [1.165, 1.54) is 0 Å². The van der Waals surface area contributed by atoms with Crippen molar-refractivity contribution >= 4 is 0 Å². The van der Waals surface area contributed by atoms with E-state index >= 15 is 0 Å². The van der Waals surface area contributed by atoms with Crippen LogP contribution in [0.3, 0.4) is 0 Å². The Kier molecular flexibility index (Phi) is 5.22. The van der Waals surface area contributed by atoms with Gasteiger partial charge in [0.2, 0.25) is 0 Å². The van der Waals surface area contributed by atoms with E-state index in [0.29, 0.717) is 5.92 Å². The Morgan fingerprint density at radius 3 is 2.38 bits per heavy atom. The molecule has 1 heterocycles. The molecule has 0 aromatic rings. The molecule has 0 aromatic heterocycles. The Labute approximate surface area is 100 Å². The van der Waals surface area contributed by atoms with Crippen molar-refractivity contribution in [3.05, 3.63) is 0 Å². The van der Waals surface area contributed by atoms with Gasteiger partial charge in [0.25, 0.3) is 0 Å². The predicted molar refractivity (Wildman–Crippen MR) is 68.3 cm³/mol. The predicted octanol–water partition coefficient (Wildman–Crippen LogP) is 1.45. The molecule has 3 N–H and O–H groups in total. The highest BCUT2D eigenvalue weighted by Crippen LogP contribution is 2.26. The minimum atomic E-state index is -0.144. The van der Waals surface area contributed by atoms with Gasteiger partial charge in [0.05, 0.1) is 6.10 Å². The van der Waals surface area contributed by atoms with E-state index in [-0.39, 0.29) is 11.5 Å². The van der Waals surface area contributed by atoms with Crippen molar-refractivity contribution in [1.82, 2.24) is 4.90 Å². The van der Waals surface area contributed by atoms with Gasteiger partial charge in [-0.3, -0.25) is 0 Å². The maximum absolute atomic E-state index is 9.55. The van der Waals surface area contributed by atoms with Crippen molar-refractivity contribution in [2.45, 2.75) is 46.1 Å². The summed E-state index contributed by atoms with van der Waals surface area (Å²) in [6.07, 6.45) is 3.25. The van der Waals surface area contributed by atoms with Crippen LogP contribution >= 0.6 is 0 Å². The molecular formula is C13H28N2O. The van der Waals surface area contributed by atoms with Crippen LogP contribution in [0, 0.1) is 11.3 Å². The normalized spacial score (nSPS) is 25.3. The van der Waals surface area contributed by atoms with Gasteiger partial charge in [0.15, 0.2) is 0 Å². The molecule has 2 unspecified atom stereocenters. The highest BCUT2D eigenvalue weighted by atomic mass is 16.3. The summed E-state index contributed by atoms with van der Waals surface area (Å²) in [5, 5.41) is 9.55. The molecule has 1 aliphatic heterocycles. The largest absolute Gasteiger partial charge is 0.393 e. The number of hydrogen-bond acceptors (Lipinski definition) is 3. The molecule has 0 bridgehead atoms. The molecule has 0 spiro atoms. The van der Waals surface area contributed by atoms with Crippen LogP contribution in [0.5, 0.6) is 0 Å². The number of aliphatic hydroxyl groups excluding tert-OH is 1. The SMILES string of the molecule is CCC(C)(CN)CN1CCC(C(C)O)CC1. The van der Waals surface area contributed by atoms with Gasteiger partial charge in [-0.1, -0.05) is 13.8 Å². The third-order valence-electron chi connectivity index (χ3n) is 4.27. The van der Waals surface area contributed by atoms with Crippen molar-refractivity contribution < 1.29 is 5.11 Å². The fourth-order valence-corrected chi connectivity index (χ4v) is 2.45. The molecule has 0 radical (unpaired) electrons. The summed E-state index contributed by atoms with van der Waals surface area (Å²) in [4.78, 5) is 2.51. The van der Waals surface area contributed by atoms with E-state index in [2.05, 4.69) is 18.7 Å². The van der Waals surface area contributed by atoms with E-state index < -0.39 is 0 Å². The highest BCUT2D eigenvalue weighted by Gasteiger charge is 2.28. The number of rotatable bonds is 5. The number of nitrogens with zero attached hydrogens (tertiary/aromatic N) is 1. The van der Waals surface area contributed by atoms with Crippen molar-refractivity contribution in [3.8, 4) is 0 Å². The first-order valence-electron chi connectivity index (χ1n) is 6.61. The van der Waals surface area contributed by atoms with Gasteiger partial charge < -0.3 is 15.7 Å². The van der Waals surface area contributed by atoms with Gasteiger partial charge in [0.1, 0.15) is 0 Å². The first-order valence-corrected chi connectivity index (χ1v) is 6.61. The van der Waals surface area contributed by atoms with Gasteiger partial charge in [-0.15, -0.1) is 0 Å². The van der Waals surface area contributed by atoms with Gasteiger partial charge >= 0.3 is 0 Å². The van der Waals surface area contributed by atoms with E-state index in [1.807, 2.05) is 6.92 Å². The minimum Gasteiger partial charge on any atom is -0.393 e. The lowest BCUT2D eigenvalue weighted by atomic mass is 9.85. The fraction of sp³-hybridized carbons (Fsp3) is 1.00. The number of aliphatic hydroxyl groups is 1. The summed E-state index contributed by atoms with van der Waals surface area (Å²) in [6, 6.07) is 0. The first-order chi connectivity index (χ1) is 7.50. The van der Waals surface area contributed by atoms with Crippen LogP contribution in [0.25, 0.3) is 0 Å². The molecule has 3 nitrogen and oxygen atoms in total. The number of likely N-dealkylation sites (tertiary alicyclic amines) is 1. The van der Waals surface area contributed by atoms with E-state index in [9.17, 15) is 5.11 Å². The topological polar surface area (TPSA) is 49.5 Å². The molecule has 96 valence electrons. The molecule has 3 heteroatoms. The zero-order chi connectivity index (χ0) is 12.2. The molecule has 1 saturated heterocycles. The Morgan fingerprint density at radius 1 is 1.44 bits per heavy atom. The van der Waals surface area contributed by atoms with Crippen molar-refractivity contribution in [2.24, 2.45) is 17.1 Å². The smallest absolute Gasteiger partial charge is 0.0541 e. The molecule has 0 aliphatic carbocycles. The second-order valence-corrected chi connectivity index (χ2v) is 5.72. The van der Waals surface area contributed by atoms with E-state index in [0.717, 1.165) is 45.4 Å². The third-order valence-corrected chi connectivity index (χ3v) is 4.27. The quantitative estimate of drug-likeness (QED) is 0.749. The van der Waals surface area contributed by atoms with Crippen molar-refractivity contribution in [2.75, 3.05) is 26.2 Å². The summed E-state index contributed by atoms with van der Waals surface area (Å²) >= 11 is 0. The molecule has 1 aliphatic rings. The van der Waals surface area contributed by atoms with Gasteiger partial charge in [-0.2, -0.15) is 0 Å². The molecular weight excluding hydrogens is 200 g/mol. The molecule has 2 atom stereocenters. The Bertz CT molecular complexity index is 194. The van der Waals surface area contributed by atoms with Gasteiger partial charge in [-0.05, 0) is 57.2 Å². The van der Waals surface area contributed by atoms with Crippen LogP contribution in [0.4, 0.5) is 0 Å². The zero-order valence-electron chi connectivity index (χ0n) is 11.1. The minimum absolute atomic E-state index is 0.144. The number of nitrogens with two attached hydrogens (primary N) is 1. The molecule has 1 rings (SSSR count). The van der Waals surface area contributed by atoms with Crippen LogP contribution in [0.1, 0.15) is 40.0 Å². The first kappa shape index (κ1) is 13.9. The fourth-order valence-electron chi connectivity index (χ4n) is 2.45. The maximum Gasteiger partial charge on any atom is 0.0541 e. The van der Waals surface area contributed by atoms with Crippen molar-refractivity contribution in [3.63, 3.8) is 0 Å². The van der Waals surface area contributed by atoms with Gasteiger partial charge in [0, 0.05) is 6.54 Å². The molecule has 0 aromatic carbocycles. The molecule has 1 fully saturated rings. The van der Waals surface area contributed by atoms with Gasteiger partial charge in [-0.25, -0.2) is 0 Å². The number of piperidine rings is 1. The second-order valence-electron chi connectivity index (χ2n) is 5.72. The summed E-state index contributed by atoms with van der Waals surface area (Å²) in [5.74, 6) is 0.502. The van der Waals surface area contributed by atoms with Crippen LogP contribution in [0.2, 0.25) is 0 Å². The zero-order valence-corrected chi connectivity index (χ0v) is 11.1. The van der Waals surface area contributed by atoms with Crippen LogP contribution in [-0.4, -0.2) is 42.3 Å². The Morgan fingerprint density at radius 2 is 2.00 bits per heavy atom. The average molecular weight is 228 g/mol. The maximum atomic E-state index is 9.55. The Hall–Kier alpha value is -0.120.